The highest BCUT2D eigenvalue weighted by molar-refractivity contribution is 6.35. The number of nitro benzene ring substituents is 1. The fourth-order valence-electron chi connectivity index (χ4n) is 3.23. The molecule has 1 unspecified atom stereocenters. The van der Waals surface area contributed by atoms with E-state index in [1.54, 1.807) is 0 Å². The summed E-state index contributed by atoms with van der Waals surface area (Å²) >= 11 is 11.9. The summed E-state index contributed by atoms with van der Waals surface area (Å²) in [7, 11) is 0. The number of aromatic amines is 1. The molecule has 2 heterocycles. The van der Waals surface area contributed by atoms with Crippen molar-refractivity contribution >= 4 is 45.7 Å². The number of H-pyrrole nitrogens is 1. The molecule has 1 aliphatic heterocycles. The minimum Gasteiger partial charge on any atom is -0.370 e. The Balaban J connectivity index is 1.63. The molecule has 2 aromatic carbocycles. The molecule has 1 aliphatic rings. The largest absolute Gasteiger partial charge is 0.370 e. The van der Waals surface area contributed by atoms with Gasteiger partial charge in [0, 0.05) is 34.6 Å². The zero-order valence-electron chi connectivity index (χ0n) is 14.7. The molecule has 0 saturated carbocycles. The maximum atomic E-state index is 13.9. The van der Waals surface area contributed by atoms with Crippen LogP contribution in [0.5, 0.6) is 0 Å². The number of carbonyl (C=O) groups is 1. The average molecular weight is 439 g/mol. The lowest BCUT2D eigenvalue weighted by Crippen LogP contribution is -2.42. The third kappa shape index (κ3) is 3.64. The molecule has 0 bridgehead atoms. The number of nitro groups is 1. The van der Waals surface area contributed by atoms with E-state index in [0.29, 0.717) is 16.5 Å². The van der Waals surface area contributed by atoms with Gasteiger partial charge in [-0.3, -0.25) is 20.0 Å². The summed E-state index contributed by atoms with van der Waals surface area (Å²) in [6.07, 6.45) is -0.647. The molecule has 0 aliphatic carbocycles. The van der Waals surface area contributed by atoms with Crippen molar-refractivity contribution < 1.29 is 18.8 Å². The Bertz CT molecular complexity index is 1140. The summed E-state index contributed by atoms with van der Waals surface area (Å²) < 4.78 is 19.5. The van der Waals surface area contributed by atoms with E-state index in [1.165, 1.54) is 35.2 Å². The highest BCUT2D eigenvalue weighted by Gasteiger charge is 2.30. The molecule has 1 N–H and O–H groups in total. The fraction of sp³-hybridized carbons (Fsp3) is 0.222. The van der Waals surface area contributed by atoms with Crippen LogP contribution in [-0.4, -0.2) is 45.6 Å². The molecular weight excluding hydrogens is 426 g/mol. The molecule has 11 heteroatoms. The first-order valence-electron chi connectivity index (χ1n) is 8.53. The van der Waals surface area contributed by atoms with Crippen LogP contribution in [0.3, 0.4) is 0 Å². The first-order valence-corrected chi connectivity index (χ1v) is 9.28. The van der Waals surface area contributed by atoms with Crippen LogP contribution in [0.2, 0.25) is 10.0 Å². The molecule has 3 aromatic rings. The second-order valence-electron chi connectivity index (χ2n) is 6.46. The third-order valence-corrected chi connectivity index (χ3v) is 5.32. The minimum atomic E-state index is -0.647. The predicted molar refractivity (Wildman–Crippen MR) is 104 cm³/mol. The van der Waals surface area contributed by atoms with E-state index in [-0.39, 0.29) is 41.1 Å². The van der Waals surface area contributed by atoms with Crippen LogP contribution < -0.4 is 0 Å². The Morgan fingerprint density at radius 1 is 1.31 bits per heavy atom. The number of non-ortho nitro benzene ring substituents is 1. The van der Waals surface area contributed by atoms with Crippen LogP contribution in [0.1, 0.15) is 22.2 Å². The second-order valence-corrected chi connectivity index (χ2v) is 7.27. The summed E-state index contributed by atoms with van der Waals surface area (Å²) in [4.78, 5) is 25.0. The van der Waals surface area contributed by atoms with E-state index >= 15 is 0 Å². The van der Waals surface area contributed by atoms with E-state index in [4.69, 9.17) is 27.9 Å². The van der Waals surface area contributed by atoms with E-state index < -0.39 is 22.8 Å². The van der Waals surface area contributed by atoms with Gasteiger partial charge < -0.3 is 9.64 Å². The number of carbonyl (C=O) groups excluding carboxylic acids is 1. The number of morpholine rings is 1. The normalized spacial score (nSPS) is 16.9. The van der Waals surface area contributed by atoms with Gasteiger partial charge in [-0.1, -0.05) is 23.2 Å². The number of nitrogens with one attached hydrogen (secondary N) is 1. The number of hydrogen-bond donors (Lipinski definition) is 1. The topological polar surface area (TPSA) is 101 Å². The number of rotatable bonds is 3. The number of fused-ring (bicyclic) bond motifs is 1. The lowest BCUT2D eigenvalue weighted by atomic mass is 10.1. The van der Waals surface area contributed by atoms with E-state index in [1.807, 2.05) is 0 Å². The Morgan fingerprint density at radius 2 is 2.10 bits per heavy atom. The van der Waals surface area contributed by atoms with E-state index in [2.05, 4.69) is 10.2 Å². The third-order valence-electron chi connectivity index (χ3n) is 4.70. The fourth-order valence-corrected chi connectivity index (χ4v) is 3.74. The van der Waals surface area contributed by atoms with Crippen molar-refractivity contribution in [3.05, 3.63) is 67.6 Å². The Labute approximate surface area is 173 Å². The molecule has 1 amide bonds. The molecule has 1 aromatic heterocycles. The van der Waals surface area contributed by atoms with Crippen molar-refractivity contribution in [2.24, 2.45) is 0 Å². The summed E-state index contributed by atoms with van der Waals surface area (Å²) in [5.41, 5.74) is 0.814. The van der Waals surface area contributed by atoms with Crippen molar-refractivity contribution in [2.45, 2.75) is 6.10 Å². The molecular formula is C18H13Cl2FN4O4. The monoisotopic (exact) mass is 438 g/mol. The van der Waals surface area contributed by atoms with Crippen molar-refractivity contribution in [1.29, 1.82) is 0 Å². The number of benzene rings is 2. The van der Waals surface area contributed by atoms with Gasteiger partial charge in [0.15, 0.2) is 5.69 Å². The van der Waals surface area contributed by atoms with Crippen molar-refractivity contribution in [2.75, 3.05) is 19.7 Å². The highest BCUT2D eigenvalue weighted by Crippen LogP contribution is 2.33. The van der Waals surface area contributed by atoms with Crippen molar-refractivity contribution in [1.82, 2.24) is 15.1 Å². The lowest BCUT2D eigenvalue weighted by Gasteiger charge is -2.33. The smallest absolute Gasteiger partial charge is 0.275 e. The van der Waals surface area contributed by atoms with Gasteiger partial charge >= 0.3 is 0 Å². The van der Waals surface area contributed by atoms with Gasteiger partial charge in [0.1, 0.15) is 11.9 Å². The molecule has 1 atom stereocenters. The number of halogens is 3. The SMILES string of the molecule is O=C(c1n[nH]c2ccc([N+](=O)[O-])cc12)N1CCOC(c2cc(F)c(Cl)cc2Cl)C1. The molecule has 1 fully saturated rings. The molecule has 1 saturated heterocycles. The van der Waals surface area contributed by atoms with Crippen LogP contribution in [-0.2, 0) is 4.74 Å². The summed E-state index contributed by atoms with van der Waals surface area (Å²) in [6.45, 7) is 0.606. The molecule has 150 valence electrons. The second kappa shape index (κ2) is 7.58. The van der Waals surface area contributed by atoms with Gasteiger partial charge in [0.2, 0.25) is 0 Å². The maximum Gasteiger partial charge on any atom is 0.275 e. The van der Waals surface area contributed by atoms with Crippen LogP contribution >= 0.6 is 23.2 Å². The number of aromatic nitrogens is 2. The standard InChI is InChI=1S/C18H13Cl2FN4O4/c19-12-7-13(20)14(21)6-10(12)16-8-24(3-4-29-16)18(26)17-11-5-9(25(27)28)1-2-15(11)22-23-17/h1-2,5-7,16H,3-4,8H2,(H,22,23). The highest BCUT2D eigenvalue weighted by atomic mass is 35.5. The van der Waals surface area contributed by atoms with E-state index in [9.17, 15) is 19.3 Å². The van der Waals surface area contributed by atoms with Gasteiger partial charge in [0.25, 0.3) is 11.6 Å². The Hall–Kier alpha value is -2.75. The van der Waals surface area contributed by atoms with Crippen LogP contribution in [0.15, 0.2) is 30.3 Å². The van der Waals surface area contributed by atoms with Gasteiger partial charge in [-0.2, -0.15) is 5.10 Å². The van der Waals surface area contributed by atoms with Gasteiger partial charge in [-0.05, 0) is 18.2 Å². The molecule has 4 rings (SSSR count). The van der Waals surface area contributed by atoms with Gasteiger partial charge in [0.05, 0.1) is 28.6 Å². The van der Waals surface area contributed by atoms with Crippen LogP contribution in [0, 0.1) is 15.9 Å². The quantitative estimate of drug-likeness (QED) is 0.376. The number of ether oxygens (including phenoxy) is 1. The number of nitrogens with zero attached hydrogens (tertiary/aromatic N) is 3. The summed E-state index contributed by atoms with van der Waals surface area (Å²) in [5.74, 6) is -1.06. The minimum absolute atomic E-state index is 0.0673. The molecule has 0 spiro atoms. The predicted octanol–water partition coefficient (Wildman–Crippen LogP) is 4.13. The first kappa shape index (κ1) is 19.6. The molecule has 8 nitrogen and oxygen atoms in total. The zero-order chi connectivity index (χ0) is 20.7. The van der Waals surface area contributed by atoms with Crippen LogP contribution in [0.25, 0.3) is 10.9 Å². The number of hydrogen-bond acceptors (Lipinski definition) is 5. The van der Waals surface area contributed by atoms with Crippen LogP contribution in [0.4, 0.5) is 10.1 Å². The molecule has 0 radical (unpaired) electrons. The van der Waals surface area contributed by atoms with Crippen molar-refractivity contribution in [3.8, 4) is 0 Å². The number of amides is 1. The van der Waals surface area contributed by atoms with Gasteiger partial charge in [-0.15, -0.1) is 0 Å². The summed E-state index contributed by atoms with van der Waals surface area (Å²) in [5, 5.41) is 18.3. The zero-order valence-corrected chi connectivity index (χ0v) is 16.2. The summed E-state index contributed by atoms with van der Waals surface area (Å²) in [6, 6.07) is 6.61. The van der Waals surface area contributed by atoms with E-state index in [0.717, 1.165) is 0 Å². The van der Waals surface area contributed by atoms with Gasteiger partial charge in [-0.25, -0.2) is 4.39 Å². The Kier molecular flexibility index (Phi) is 5.12. The van der Waals surface area contributed by atoms with Crippen molar-refractivity contribution in [3.63, 3.8) is 0 Å². The first-order chi connectivity index (χ1) is 13.8. The lowest BCUT2D eigenvalue weighted by molar-refractivity contribution is -0.384. The maximum absolute atomic E-state index is 13.9. The molecule has 29 heavy (non-hydrogen) atoms. The Morgan fingerprint density at radius 3 is 2.86 bits per heavy atom. The average Bonchev–Trinajstić information content (AvgIpc) is 3.13.